The van der Waals surface area contributed by atoms with Crippen molar-refractivity contribution in [1.82, 2.24) is 5.32 Å². The van der Waals surface area contributed by atoms with E-state index < -0.39 is 0 Å². The minimum atomic E-state index is 0.524. The third kappa shape index (κ3) is 4.23. The van der Waals surface area contributed by atoms with Crippen LogP contribution in [0.3, 0.4) is 0 Å². The van der Waals surface area contributed by atoms with E-state index in [4.69, 9.17) is 0 Å². The molecule has 1 aliphatic rings. The molecule has 0 saturated carbocycles. The van der Waals surface area contributed by atoms with Crippen LogP contribution in [0.25, 0.3) is 0 Å². The van der Waals surface area contributed by atoms with Crippen molar-refractivity contribution in [3.05, 3.63) is 28.2 Å². The van der Waals surface area contributed by atoms with Gasteiger partial charge in [0.25, 0.3) is 0 Å². The number of nitrogens with one attached hydrogen (secondary N) is 1. The quantitative estimate of drug-likeness (QED) is 0.845. The molecule has 1 aromatic rings. The summed E-state index contributed by atoms with van der Waals surface area (Å²) >= 11 is 3.63. The van der Waals surface area contributed by atoms with Crippen LogP contribution in [0.4, 0.5) is 5.69 Å². The zero-order valence-corrected chi connectivity index (χ0v) is 14.5. The monoisotopic (exact) mass is 338 g/mol. The average molecular weight is 339 g/mol. The fourth-order valence-electron chi connectivity index (χ4n) is 2.91. The summed E-state index contributed by atoms with van der Waals surface area (Å²) in [5.41, 5.74) is 2.82. The van der Waals surface area contributed by atoms with E-state index in [2.05, 4.69) is 65.1 Å². The normalized spacial score (nSPS) is 19.6. The second kappa shape index (κ2) is 7.46. The second-order valence-electron chi connectivity index (χ2n) is 6.17. The van der Waals surface area contributed by atoms with Gasteiger partial charge in [-0.2, -0.15) is 0 Å². The van der Waals surface area contributed by atoms with Crippen LogP contribution in [0.1, 0.15) is 45.6 Å². The van der Waals surface area contributed by atoms with E-state index in [9.17, 15) is 0 Å². The van der Waals surface area contributed by atoms with Crippen molar-refractivity contribution in [3.63, 3.8) is 0 Å². The van der Waals surface area contributed by atoms with Gasteiger partial charge in [0.2, 0.25) is 0 Å². The highest BCUT2D eigenvalue weighted by molar-refractivity contribution is 9.10. The molecule has 20 heavy (non-hydrogen) atoms. The van der Waals surface area contributed by atoms with Crippen molar-refractivity contribution in [2.75, 3.05) is 18.0 Å². The Kier molecular flexibility index (Phi) is 5.91. The molecule has 0 spiro atoms. The van der Waals surface area contributed by atoms with Gasteiger partial charge >= 0.3 is 0 Å². The lowest BCUT2D eigenvalue weighted by Crippen LogP contribution is -2.36. The molecular formula is C17H27BrN2. The van der Waals surface area contributed by atoms with E-state index in [0.717, 1.165) is 12.5 Å². The zero-order valence-electron chi connectivity index (χ0n) is 13.0. The molecule has 1 N–H and O–H groups in total. The molecule has 1 unspecified atom stereocenters. The Labute approximate surface area is 132 Å². The van der Waals surface area contributed by atoms with Crippen LogP contribution in [-0.4, -0.2) is 19.1 Å². The topological polar surface area (TPSA) is 15.3 Å². The van der Waals surface area contributed by atoms with Crippen LogP contribution in [0, 0.1) is 5.92 Å². The number of benzene rings is 1. The van der Waals surface area contributed by atoms with Crippen LogP contribution in [-0.2, 0) is 6.54 Å². The lowest BCUT2D eigenvalue weighted by Gasteiger charge is -2.35. The van der Waals surface area contributed by atoms with Crippen molar-refractivity contribution in [2.24, 2.45) is 5.92 Å². The number of hydrogen-bond donors (Lipinski definition) is 1. The third-order valence-corrected chi connectivity index (χ3v) is 4.68. The molecule has 2 nitrogen and oxygen atoms in total. The first kappa shape index (κ1) is 15.8. The second-order valence-corrected chi connectivity index (χ2v) is 7.09. The Morgan fingerprint density at radius 3 is 2.90 bits per heavy atom. The van der Waals surface area contributed by atoms with Crippen molar-refractivity contribution in [1.29, 1.82) is 0 Å². The van der Waals surface area contributed by atoms with Gasteiger partial charge in [-0.1, -0.05) is 49.2 Å². The molecule has 0 bridgehead atoms. The summed E-state index contributed by atoms with van der Waals surface area (Å²) in [7, 11) is 0. The summed E-state index contributed by atoms with van der Waals surface area (Å²) in [6, 6.07) is 7.22. The van der Waals surface area contributed by atoms with Gasteiger partial charge < -0.3 is 10.2 Å². The van der Waals surface area contributed by atoms with Gasteiger partial charge in [-0.3, -0.25) is 0 Å². The Bertz CT molecular complexity index is 431. The minimum absolute atomic E-state index is 0.524. The molecule has 0 radical (unpaired) electrons. The molecular weight excluding hydrogens is 312 g/mol. The smallest absolute Gasteiger partial charge is 0.0423 e. The summed E-state index contributed by atoms with van der Waals surface area (Å²) in [5, 5.41) is 3.54. The Morgan fingerprint density at radius 1 is 1.40 bits per heavy atom. The minimum Gasteiger partial charge on any atom is -0.371 e. The van der Waals surface area contributed by atoms with Gasteiger partial charge in [-0.25, -0.2) is 0 Å². The Balaban J connectivity index is 2.17. The summed E-state index contributed by atoms with van der Waals surface area (Å²) in [4.78, 5) is 2.58. The van der Waals surface area contributed by atoms with E-state index >= 15 is 0 Å². The first-order valence-electron chi connectivity index (χ1n) is 7.87. The van der Waals surface area contributed by atoms with E-state index in [1.807, 2.05) is 0 Å². The van der Waals surface area contributed by atoms with Crippen molar-refractivity contribution >= 4 is 21.6 Å². The molecule has 1 saturated heterocycles. The summed E-state index contributed by atoms with van der Waals surface area (Å²) in [5.74, 6) is 0.855. The molecule has 0 aliphatic carbocycles. The van der Waals surface area contributed by atoms with Crippen LogP contribution in [0.2, 0.25) is 0 Å². The van der Waals surface area contributed by atoms with Gasteiger partial charge in [0, 0.05) is 35.8 Å². The molecule has 2 rings (SSSR count). The predicted molar refractivity (Wildman–Crippen MR) is 91.3 cm³/mol. The first-order valence-corrected chi connectivity index (χ1v) is 8.66. The maximum Gasteiger partial charge on any atom is 0.0423 e. The molecule has 0 amide bonds. The molecule has 1 atom stereocenters. The highest BCUT2D eigenvalue weighted by atomic mass is 79.9. The molecule has 1 aliphatic heterocycles. The standard InChI is InChI=1S/C17H27BrN2/c1-4-14-6-5-9-20(12-14)17-10-16(18)8-7-15(17)11-19-13(2)3/h7-8,10,13-14,19H,4-6,9,11-12H2,1-3H3. The van der Waals surface area contributed by atoms with Gasteiger partial charge in [-0.05, 0) is 36.5 Å². The third-order valence-electron chi connectivity index (χ3n) is 4.19. The molecule has 3 heteroatoms. The number of anilines is 1. The van der Waals surface area contributed by atoms with E-state index in [0.29, 0.717) is 6.04 Å². The van der Waals surface area contributed by atoms with E-state index in [1.165, 1.54) is 48.1 Å². The van der Waals surface area contributed by atoms with Crippen LogP contribution in [0.5, 0.6) is 0 Å². The zero-order chi connectivity index (χ0) is 14.5. The van der Waals surface area contributed by atoms with Crippen LogP contribution in [0.15, 0.2) is 22.7 Å². The average Bonchev–Trinajstić information content (AvgIpc) is 2.46. The summed E-state index contributed by atoms with van der Waals surface area (Å²) < 4.78 is 1.18. The highest BCUT2D eigenvalue weighted by Gasteiger charge is 2.20. The first-order chi connectivity index (χ1) is 9.60. The highest BCUT2D eigenvalue weighted by Crippen LogP contribution is 2.30. The van der Waals surface area contributed by atoms with Gasteiger partial charge in [0.15, 0.2) is 0 Å². The number of piperidine rings is 1. The maximum atomic E-state index is 3.63. The Morgan fingerprint density at radius 2 is 2.20 bits per heavy atom. The number of hydrogen-bond acceptors (Lipinski definition) is 2. The molecule has 1 heterocycles. The fourth-order valence-corrected chi connectivity index (χ4v) is 3.26. The number of rotatable bonds is 5. The predicted octanol–water partition coefficient (Wildman–Crippen LogP) is 4.57. The molecule has 0 aromatic heterocycles. The van der Waals surface area contributed by atoms with Crippen molar-refractivity contribution in [2.45, 2.75) is 52.6 Å². The lowest BCUT2D eigenvalue weighted by molar-refractivity contribution is 0.404. The number of halogens is 1. The summed E-state index contributed by atoms with van der Waals surface area (Å²) in [6.45, 7) is 10.1. The largest absolute Gasteiger partial charge is 0.371 e. The van der Waals surface area contributed by atoms with E-state index in [1.54, 1.807) is 0 Å². The van der Waals surface area contributed by atoms with Crippen molar-refractivity contribution < 1.29 is 0 Å². The van der Waals surface area contributed by atoms with E-state index in [-0.39, 0.29) is 0 Å². The number of nitrogens with zero attached hydrogens (tertiary/aromatic N) is 1. The SMILES string of the molecule is CCC1CCCN(c2cc(Br)ccc2CNC(C)C)C1. The molecule has 1 aromatic carbocycles. The van der Waals surface area contributed by atoms with Gasteiger partial charge in [0.1, 0.15) is 0 Å². The maximum absolute atomic E-state index is 3.63. The molecule has 1 fully saturated rings. The fraction of sp³-hybridized carbons (Fsp3) is 0.647. The van der Waals surface area contributed by atoms with Gasteiger partial charge in [-0.15, -0.1) is 0 Å². The summed E-state index contributed by atoms with van der Waals surface area (Å²) in [6.07, 6.45) is 4.01. The van der Waals surface area contributed by atoms with Gasteiger partial charge in [0.05, 0.1) is 0 Å². The molecule has 112 valence electrons. The van der Waals surface area contributed by atoms with Crippen LogP contribution >= 0.6 is 15.9 Å². The lowest BCUT2D eigenvalue weighted by atomic mass is 9.94. The van der Waals surface area contributed by atoms with Crippen LogP contribution < -0.4 is 10.2 Å². The van der Waals surface area contributed by atoms with Crippen molar-refractivity contribution in [3.8, 4) is 0 Å². The Hall–Kier alpha value is -0.540.